The van der Waals surface area contributed by atoms with Crippen molar-refractivity contribution in [2.75, 3.05) is 19.3 Å². The molecule has 0 saturated carbocycles. The summed E-state index contributed by atoms with van der Waals surface area (Å²) in [6, 6.07) is 7.59. The Morgan fingerprint density at radius 3 is 2.62 bits per heavy atom. The normalized spacial score (nSPS) is 17.6. The van der Waals surface area contributed by atoms with Gasteiger partial charge in [0.15, 0.2) is 0 Å². The van der Waals surface area contributed by atoms with Crippen LogP contribution in [-0.2, 0) is 16.6 Å². The molecule has 21 heavy (non-hydrogen) atoms. The molecule has 1 aromatic rings. The van der Waals surface area contributed by atoms with Gasteiger partial charge in [-0.1, -0.05) is 17.7 Å². The van der Waals surface area contributed by atoms with Gasteiger partial charge < -0.3 is 5.32 Å². The highest BCUT2D eigenvalue weighted by atomic mass is 35.5. The van der Waals surface area contributed by atoms with Crippen molar-refractivity contribution in [2.45, 2.75) is 25.4 Å². The molecule has 0 radical (unpaired) electrons. The summed E-state index contributed by atoms with van der Waals surface area (Å²) in [5.74, 6) is 0. The number of sulfonamides is 1. The van der Waals surface area contributed by atoms with E-state index in [4.69, 9.17) is 16.9 Å². The Bertz CT molecular complexity index is 647. The quantitative estimate of drug-likeness (QED) is 0.914. The van der Waals surface area contributed by atoms with Crippen molar-refractivity contribution >= 4 is 21.6 Å². The van der Waals surface area contributed by atoms with Crippen LogP contribution in [0.3, 0.4) is 0 Å². The van der Waals surface area contributed by atoms with Crippen LogP contribution in [0.2, 0.25) is 5.02 Å². The summed E-state index contributed by atoms with van der Waals surface area (Å²) in [6.07, 6.45) is 2.83. The fourth-order valence-corrected chi connectivity index (χ4v) is 3.53. The summed E-state index contributed by atoms with van der Waals surface area (Å²) in [7, 11) is -3.08. The van der Waals surface area contributed by atoms with E-state index in [9.17, 15) is 8.42 Å². The van der Waals surface area contributed by atoms with Gasteiger partial charge in [-0.25, -0.2) is 12.7 Å². The molecule has 1 N–H and O–H groups in total. The van der Waals surface area contributed by atoms with Crippen LogP contribution in [0.15, 0.2) is 18.2 Å². The lowest BCUT2D eigenvalue weighted by molar-refractivity contribution is 0.290. The first-order valence-corrected chi connectivity index (χ1v) is 9.00. The summed E-state index contributed by atoms with van der Waals surface area (Å²) < 4.78 is 24.4. The van der Waals surface area contributed by atoms with Crippen LogP contribution in [0.1, 0.15) is 24.0 Å². The first kappa shape index (κ1) is 16.2. The van der Waals surface area contributed by atoms with Crippen molar-refractivity contribution in [3.8, 4) is 6.07 Å². The molecule has 0 unspecified atom stereocenters. The molecule has 114 valence electrons. The summed E-state index contributed by atoms with van der Waals surface area (Å²) in [5, 5.41) is 12.8. The van der Waals surface area contributed by atoms with E-state index in [0.717, 1.165) is 18.4 Å². The minimum Gasteiger partial charge on any atom is -0.310 e. The largest absolute Gasteiger partial charge is 0.310 e. The van der Waals surface area contributed by atoms with Crippen LogP contribution in [0.4, 0.5) is 0 Å². The summed E-state index contributed by atoms with van der Waals surface area (Å²) >= 11 is 6.13. The fourth-order valence-electron chi connectivity index (χ4n) is 2.41. The monoisotopic (exact) mass is 327 g/mol. The van der Waals surface area contributed by atoms with E-state index in [0.29, 0.717) is 30.2 Å². The van der Waals surface area contributed by atoms with E-state index < -0.39 is 10.0 Å². The summed E-state index contributed by atoms with van der Waals surface area (Å²) in [6.45, 7) is 1.73. The predicted molar refractivity (Wildman–Crippen MR) is 82.4 cm³/mol. The highest BCUT2D eigenvalue weighted by Gasteiger charge is 2.24. The maximum atomic E-state index is 11.4. The van der Waals surface area contributed by atoms with E-state index in [1.54, 1.807) is 12.1 Å². The lowest BCUT2D eigenvalue weighted by atomic mass is 10.1. The molecule has 7 heteroatoms. The molecule has 0 aromatic heterocycles. The molecule has 0 amide bonds. The van der Waals surface area contributed by atoms with Gasteiger partial charge in [0, 0.05) is 30.7 Å². The second kappa shape index (κ2) is 6.75. The first-order chi connectivity index (χ1) is 9.90. The van der Waals surface area contributed by atoms with Crippen LogP contribution in [-0.4, -0.2) is 38.1 Å². The van der Waals surface area contributed by atoms with Gasteiger partial charge >= 0.3 is 0 Å². The van der Waals surface area contributed by atoms with Gasteiger partial charge in [-0.05, 0) is 30.5 Å². The molecule has 2 rings (SSSR count). The Morgan fingerprint density at radius 2 is 2.10 bits per heavy atom. The van der Waals surface area contributed by atoms with E-state index in [1.807, 2.05) is 6.07 Å². The molecular formula is C14H18ClN3O2S. The average Bonchev–Trinajstić information content (AvgIpc) is 2.45. The number of nitrogens with zero attached hydrogens (tertiary/aromatic N) is 2. The second-order valence-corrected chi connectivity index (χ2v) is 7.62. The van der Waals surface area contributed by atoms with E-state index in [-0.39, 0.29) is 6.04 Å². The van der Waals surface area contributed by atoms with Crippen molar-refractivity contribution < 1.29 is 8.42 Å². The molecule has 1 fully saturated rings. The number of rotatable bonds is 4. The Kier molecular flexibility index (Phi) is 5.22. The third-order valence-electron chi connectivity index (χ3n) is 3.69. The molecule has 0 atom stereocenters. The van der Waals surface area contributed by atoms with Gasteiger partial charge in [0.1, 0.15) is 0 Å². The van der Waals surface area contributed by atoms with Crippen molar-refractivity contribution in [3.05, 3.63) is 34.3 Å². The molecule has 1 saturated heterocycles. The predicted octanol–water partition coefficient (Wildman–Crippen LogP) is 1.73. The lowest BCUT2D eigenvalue weighted by Crippen LogP contribution is -2.44. The molecule has 0 bridgehead atoms. The number of benzene rings is 1. The Morgan fingerprint density at radius 1 is 1.43 bits per heavy atom. The minimum atomic E-state index is -3.08. The number of hydrogen-bond acceptors (Lipinski definition) is 4. The van der Waals surface area contributed by atoms with E-state index >= 15 is 0 Å². The molecular weight excluding hydrogens is 310 g/mol. The van der Waals surface area contributed by atoms with Crippen molar-refractivity contribution in [1.29, 1.82) is 5.26 Å². The van der Waals surface area contributed by atoms with Crippen LogP contribution in [0, 0.1) is 11.3 Å². The number of halogens is 1. The van der Waals surface area contributed by atoms with E-state index in [2.05, 4.69) is 11.4 Å². The van der Waals surface area contributed by atoms with Crippen molar-refractivity contribution in [3.63, 3.8) is 0 Å². The molecule has 0 aliphatic carbocycles. The van der Waals surface area contributed by atoms with E-state index in [1.165, 1.54) is 10.6 Å². The zero-order valence-corrected chi connectivity index (χ0v) is 13.4. The smallest absolute Gasteiger partial charge is 0.211 e. The topological polar surface area (TPSA) is 73.2 Å². The van der Waals surface area contributed by atoms with Crippen LogP contribution < -0.4 is 5.32 Å². The Balaban J connectivity index is 1.87. The molecule has 5 nitrogen and oxygen atoms in total. The molecule has 1 aromatic carbocycles. The number of nitrogens with one attached hydrogen (secondary N) is 1. The molecule has 1 aliphatic heterocycles. The van der Waals surface area contributed by atoms with Crippen molar-refractivity contribution in [1.82, 2.24) is 9.62 Å². The highest BCUT2D eigenvalue weighted by Crippen LogP contribution is 2.19. The van der Waals surface area contributed by atoms with Gasteiger partial charge in [0.25, 0.3) is 0 Å². The standard InChI is InChI=1S/C14H18ClN3O2S/c1-21(19,20)18-6-4-13(5-7-18)17-10-12-3-2-11(9-16)8-14(12)15/h2-3,8,13,17H,4-7,10H2,1H3. The zero-order chi connectivity index (χ0) is 15.5. The number of hydrogen-bond donors (Lipinski definition) is 1. The van der Waals surface area contributed by atoms with Crippen molar-refractivity contribution in [2.24, 2.45) is 0 Å². The maximum absolute atomic E-state index is 11.4. The zero-order valence-electron chi connectivity index (χ0n) is 11.8. The summed E-state index contributed by atoms with van der Waals surface area (Å²) in [4.78, 5) is 0. The molecule has 0 spiro atoms. The maximum Gasteiger partial charge on any atom is 0.211 e. The van der Waals surface area contributed by atoms with Crippen LogP contribution >= 0.6 is 11.6 Å². The minimum absolute atomic E-state index is 0.287. The van der Waals surface area contributed by atoms with Crippen LogP contribution in [0.5, 0.6) is 0 Å². The first-order valence-electron chi connectivity index (χ1n) is 6.77. The van der Waals surface area contributed by atoms with Gasteiger partial charge in [-0.15, -0.1) is 0 Å². The molecule has 1 aliphatic rings. The third-order valence-corrected chi connectivity index (χ3v) is 5.34. The number of piperidine rings is 1. The van der Waals surface area contributed by atoms with Gasteiger partial charge in [0.05, 0.1) is 17.9 Å². The van der Waals surface area contributed by atoms with Gasteiger partial charge in [-0.2, -0.15) is 5.26 Å². The van der Waals surface area contributed by atoms with Crippen LogP contribution in [0.25, 0.3) is 0 Å². The SMILES string of the molecule is CS(=O)(=O)N1CCC(NCc2ccc(C#N)cc2Cl)CC1. The highest BCUT2D eigenvalue weighted by molar-refractivity contribution is 7.88. The van der Waals surface area contributed by atoms with Gasteiger partial charge in [-0.3, -0.25) is 0 Å². The third kappa shape index (κ3) is 4.42. The van der Waals surface area contributed by atoms with Gasteiger partial charge in [0.2, 0.25) is 10.0 Å². The molecule has 1 heterocycles. The Hall–Kier alpha value is -1.13. The Labute approximate surface area is 130 Å². The second-order valence-electron chi connectivity index (χ2n) is 5.24. The average molecular weight is 328 g/mol. The fraction of sp³-hybridized carbons (Fsp3) is 0.500. The number of nitriles is 1. The summed E-state index contributed by atoms with van der Waals surface area (Å²) in [5.41, 5.74) is 1.49. The lowest BCUT2D eigenvalue weighted by Gasteiger charge is -2.30.